The smallest absolute Gasteiger partial charge is 0.252 e. The van der Waals surface area contributed by atoms with E-state index < -0.39 is 0 Å². The Morgan fingerprint density at radius 3 is 2.62 bits per heavy atom. The van der Waals surface area contributed by atoms with E-state index in [9.17, 15) is 4.79 Å². The number of H-pyrrole nitrogens is 1. The molecule has 82 valence electrons. The minimum atomic E-state index is -0.176. The van der Waals surface area contributed by atoms with Crippen LogP contribution in [0.25, 0.3) is 0 Å². The highest BCUT2D eigenvalue weighted by Crippen LogP contribution is 2.14. The molecule has 0 aliphatic heterocycles. The van der Waals surface area contributed by atoms with Gasteiger partial charge in [0.05, 0.1) is 0 Å². The van der Waals surface area contributed by atoms with Gasteiger partial charge in [0.1, 0.15) is 11.6 Å². The molecule has 4 N–H and O–H groups in total. The van der Waals surface area contributed by atoms with Crippen molar-refractivity contribution in [3.05, 3.63) is 46.5 Å². The van der Waals surface area contributed by atoms with Gasteiger partial charge in [0, 0.05) is 17.4 Å². The Hall–Kier alpha value is -2.30. The van der Waals surface area contributed by atoms with Crippen LogP contribution in [-0.2, 0) is 0 Å². The van der Waals surface area contributed by atoms with Crippen molar-refractivity contribution < 1.29 is 0 Å². The van der Waals surface area contributed by atoms with E-state index in [0.29, 0.717) is 17.3 Å². The van der Waals surface area contributed by atoms with E-state index in [2.05, 4.69) is 15.3 Å². The summed E-state index contributed by atoms with van der Waals surface area (Å²) in [5.41, 5.74) is 6.93. The summed E-state index contributed by atoms with van der Waals surface area (Å²) in [6.45, 7) is 1.73. The van der Waals surface area contributed by atoms with Crippen molar-refractivity contribution in [2.24, 2.45) is 0 Å². The first-order valence-electron chi connectivity index (χ1n) is 4.84. The molecule has 0 amide bonds. The van der Waals surface area contributed by atoms with Gasteiger partial charge in [-0.2, -0.15) is 0 Å². The van der Waals surface area contributed by atoms with Crippen LogP contribution in [0.3, 0.4) is 0 Å². The molecule has 0 bridgehead atoms. The predicted octanol–water partition coefficient (Wildman–Crippen LogP) is 1.40. The fraction of sp³-hybridized carbons (Fsp3) is 0.0909. The van der Waals surface area contributed by atoms with Gasteiger partial charge in [0.2, 0.25) is 0 Å². The third-order valence-electron chi connectivity index (χ3n) is 2.04. The van der Waals surface area contributed by atoms with E-state index in [1.54, 1.807) is 19.1 Å². The van der Waals surface area contributed by atoms with Crippen molar-refractivity contribution in [3.63, 3.8) is 0 Å². The Morgan fingerprint density at radius 1 is 1.31 bits per heavy atom. The topological polar surface area (TPSA) is 83.8 Å². The minimum Gasteiger partial charge on any atom is -0.399 e. The fourth-order valence-electron chi connectivity index (χ4n) is 1.36. The lowest BCUT2D eigenvalue weighted by Crippen LogP contribution is -2.09. The second-order valence-electron chi connectivity index (χ2n) is 3.46. The molecule has 2 rings (SSSR count). The first-order chi connectivity index (χ1) is 7.63. The summed E-state index contributed by atoms with van der Waals surface area (Å²) in [7, 11) is 0. The van der Waals surface area contributed by atoms with Gasteiger partial charge in [0.25, 0.3) is 5.56 Å². The van der Waals surface area contributed by atoms with Crippen LogP contribution in [-0.4, -0.2) is 9.97 Å². The average Bonchev–Trinajstić information content (AvgIpc) is 2.20. The second kappa shape index (κ2) is 4.06. The van der Waals surface area contributed by atoms with Crippen molar-refractivity contribution in [1.29, 1.82) is 0 Å². The summed E-state index contributed by atoms with van der Waals surface area (Å²) in [6.07, 6.45) is 0. The molecule has 0 aliphatic rings. The first-order valence-corrected chi connectivity index (χ1v) is 4.84. The van der Waals surface area contributed by atoms with Gasteiger partial charge in [-0.3, -0.25) is 4.79 Å². The van der Waals surface area contributed by atoms with Crippen molar-refractivity contribution in [1.82, 2.24) is 9.97 Å². The lowest BCUT2D eigenvalue weighted by molar-refractivity contribution is 1.02. The number of rotatable bonds is 2. The lowest BCUT2D eigenvalue weighted by atomic mass is 10.3. The first kappa shape index (κ1) is 10.2. The zero-order valence-corrected chi connectivity index (χ0v) is 8.82. The number of nitrogens with two attached hydrogens (primary N) is 1. The van der Waals surface area contributed by atoms with E-state index in [0.717, 1.165) is 5.69 Å². The van der Waals surface area contributed by atoms with Gasteiger partial charge in [-0.25, -0.2) is 4.98 Å². The van der Waals surface area contributed by atoms with E-state index in [1.165, 1.54) is 6.07 Å². The number of benzene rings is 1. The van der Waals surface area contributed by atoms with E-state index in [-0.39, 0.29) is 5.56 Å². The van der Waals surface area contributed by atoms with Gasteiger partial charge >= 0.3 is 0 Å². The lowest BCUT2D eigenvalue weighted by Gasteiger charge is -2.05. The number of nitrogens with zero attached hydrogens (tertiary/aromatic N) is 1. The monoisotopic (exact) mass is 216 g/mol. The Balaban J connectivity index is 2.26. The summed E-state index contributed by atoms with van der Waals surface area (Å²) in [6, 6.07) is 8.62. The van der Waals surface area contributed by atoms with Crippen LogP contribution in [0, 0.1) is 6.92 Å². The number of hydrogen-bond acceptors (Lipinski definition) is 4. The van der Waals surface area contributed by atoms with Gasteiger partial charge < -0.3 is 16.0 Å². The summed E-state index contributed by atoms with van der Waals surface area (Å²) >= 11 is 0. The Labute approximate surface area is 92.3 Å². The summed E-state index contributed by atoms with van der Waals surface area (Å²) in [5, 5.41) is 3.03. The maximum absolute atomic E-state index is 11.2. The van der Waals surface area contributed by atoms with Gasteiger partial charge in [-0.1, -0.05) is 0 Å². The van der Waals surface area contributed by atoms with Crippen molar-refractivity contribution in [3.8, 4) is 0 Å². The molecule has 5 nitrogen and oxygen atoms in total. The highest BCUT2D eigenvalue weighted by molar-refractivity contribution is 5.58. The summed E-state index contributed by atoms with van der Waals surface area (Å²) in [5.74, 6) is 1.09. The Morgan fingerprint density at radius 2 is 2.00 bits per heavy atom. The average molecular weight is 216 g/mol. The molecule has 0 aliphatic carbocycles. The summed E-state index contributed by atoms with van der Waals surface area (Å²) < 4.78 is 0. The van der Waals surface area contributed by atoms with E-state index in [4.69, 9.17) is 5.73 Å². The molecular weight excluding hydrogens is 204 g/mol. The standard InChI is InChI=1S/C11H12N4O/c1-7-13-10(6-11(16)14-7)15-9-4-2-8(12)3-5-9/h2-6H,12H2,1H3,(H2,13,14,15,16). The van der Waals surface area contributed by atoms with Crippen LogP contribution in [0.5, 0.6) is 0 Å². The van der Waals surface area contributed by atoms with Crippen molar-refractivity contribution in [2.75, 3.05) is 11.1 Å². The van der Waals surface area contributed by atoms with Crippen LogP contribution in [0.2, 0.25) is 0 Å². The molecule has 1 aromatic carbocycles. The molecule has 0 atom stereocenters. The molecule has 0 saturated heterocycles. The number of hydrogen-bond donors (Lipinski definition) is 3. The van der Waals surface area contributed by atoms with Crippen LogP contribution < -0.4 is 16.6 Å². The fourth-order valence-corrected chi connectivity index (χ4v) is 1.36. The van der Waals surface area contributed by atoms with Gasteiger partial charge in [-0.15, -0.1) is 0 Å². The third-order valence-corrected chi connectivity index (χ3v) is 2.04. The molecule has 1 aromatic heterocycles. The number of nitrogen functional groups attached to an aromatic ring is 1. The van der Waals surface area contributed by atoms with Crippen LogP contribution in [0.15, 0.2) is 35.1 Å². The molecule has 0 radical (unpaired) electrons. The molecule has 0 saturated carbocycles. The highest BCUT2D eigenvalue weighted by atomic mass is 16.1. The Bertz CT molecular complexity index is 545. The zero-order chi connectivity index (χ0) is 11.5. The minimum absolute atomic E-state index is 0.176. The number of anilines is 3. The van der Waals surface area contributed by atoms with E-state index in [1.807, 2.05) is 12.1 Å². The maximum atomic E-state index is 11.2. The molecule has 5 heteroatoms. The van der Waals surface area contributed by atoms with Crippen LogP contribution in [0.1, 0.15) is 5.82 Å². The second-order valence-corrected chi connectivity index (χ2v) is 3.46. The SMILES string of the molecule is Cc1nc(Nc2ccc(N)cc2)cc(=O)[nH]1. The highest BCUT2D eigenvalue weighted by Gasteiger charge is 1.98. The Kier molecular flexibility index (Phi) is 2.59. The maximum Gasteiger partial charge on any atom is 0.252 e. The molecular formula is C11H12N4O. The number of aryl methyl sites for hydroxylation is 1. The van der Waals surface area contributed by atoms with Gasteiger partial charge in [-0.05, 0) is 31.2 Å². The van der Waals surface area contributed by atoms with Crippen molar-refractivity contribution >= 4 is 17.2 Å². The largest absolute Gasteiger partial charge is 0.399 e. The molecule has 16 heavy (non-hydrogen) atoms. The molecule has 1 heterocycles. The van der Waals surface area contributed by atoms with Gasteiger partial charge in [0.15, 0.2) is 0 Å². The number of nitrogens with one attached hydrogen (secondary N) is 2. The molecule has 0 fully saturated rings. The number of aromatic amines is 1. The normalized spacial score (nSPS) is 10.1. The molecule has 0 spiro atoms. The summed E-state index contributed by atoms with van der Waals surface area (Å²) in [4.78, 5) is 17.9. The van der Waals surface area contributed by atoms with Crippen LogP contribution in [0.4, 0.5) is 17.2 Å². The zero-order valence-electron chi connectivity index (χ0n) is 8.82. The predicted molar refractivity (Wildman–Crippen MR) is 63.7 cm³/mol. The number of aromatic nitrogens is 2. The quantitative estimate of drug-likeness (QED) is 0.662. The van der Waals surface area contributed by atoms with Crippen molar-refractivity contribution in [2.45, 2.75) is 6.92 Å². The van der Waals surface area contributed by atoms with Crippen LogP contribution >= 0.6 is 0 Å². The molecule has 0 unspecified atom stereocenters. The third kappa shape index (κ3) is 2.38. The molecule has 2 aromatic rings. The van der Waals surface area contributed by atoms with E-state index >= 15 is 0 Å².